The van der Waals surface area contributed by atoms with Crippen molar-refractivity contribution in [3.8, 4) is 5.75 Å². The summed E-state index contributed by atoms with van der Waals surface area (Å²) in [6, 6.07) is 8.39. The summed E-state index contributed by atoms with van der Waals surface area (Å²) >= 11 is 2.05. The van der Waals surface area contributed by atoms with Gasteiger partial charge in [-0.05, 0) is 25.3 Å². The maximum absolute atomic E-state index is 5.84. The van der Waals surface area contributed by atoms with Crippen molar-refractivity contribution in [1.82, 2.24) is 5.43 Å². The fourth-order valence-corrected chi connectivity index (χ4v) is 4.03. The SMILES string of the molecule is CCCOc1ccccc1C(CSC1CCCC1)NN. The summed E-state index contributed by atoms with van der Waals surface area (Å²) < 4.78 is 5.84. The molecule has 0 saturated heterocycles. The zero-order valence-electron chi connectivity index (χ0n) is 12.3. The second kappa shape index (κ2) is 8.55. The number of ether oxygens (including phenoxy) is 1. The predicted molar refractivity (Wildman–Crippen MR) is 87.0 cm³/mol. The van der Waals surface area contributed by atoms with Crippen molar-refractivity contribution in [2.24, 2.45) is 5.84 Å². The average molecular weight is 294 g/mol. The van der Waals surface area contributed by atoms with Gasteiger partial charge in [0.25, 0.3) is 0 Å². The standard InChI is InChI=1S/C16H26N2OS/c1-2-11-19-16-10-6-5-9-14(16)15(18-17)12-20-13-7-3-4-8-13/h5-6,9-10,13,15,18H,2-4,7-8,11-12,17H2,1H3. The predicted octanol–water partition coefficient (Wildman–Crippen LogP) is 3.66. The van der Waals surface area contributed by atoms with E-state index in [0.717, 1.165) is 29.8 Å². The lowest BCUT2D eigenvalue weighted by atomic mass is 10.1. The highest BCUT2D eigenvalue weighted by Gasteiger charge is 2.20. The Labute approximate surface area is 126 Å². The van der Waals surface area contributed by atoms with Crippen LogP contribution in [-0.2, 0) is 0 Å². The second-order valence-corrected chi connectivity index (χ2v) is 6.68. The molecule has 0 aromatic heterocycles. The molecule has 1 aromatic rings. The third-order valence-corrected chi connectivity index (χ3v) is 5.23. The van der Waals surface area contributed by atoms with E-state index in [1.54, 1.807) is 0 Å². The molecule has 1 aliphatic rings. The van der Waals surface area contributed by atoms with Crippen molar-refractivity contribution in [3.63, 3.8) is 0 Å². The topological polar surface area (TPSA) is 47.3 Å². The fourth-order valence-electron chi connectivity index (χ4n) is 2.63. The Morgan fingerprint density at radius 2 is 2.10 bits per heavy atom. The number of thioether (sulfide) groups is 1. The minimum atomic E-state index is 0.161. The number of nitrogens with two attached hydrogens (primary N) is 1. The number of hydrogen-bond donors (Lipinski definition) is 2. The third kappa shape index (κ3) is 4.40. The number of benzene rings is 1. The maximum atomic E-state index is 5.84. The smallest absolute Gasteiger partial charge is 0.124 e. The van der Waals surface area contributed by atoms with Crippen LogP contribution in [0.4, 0.5) is 0 Å². The highest BCUT2D eigenvalue weighted by atomic mass is 32.2. The Kier molecular flexibility index (Phi) is 6.70. The van der Waals surface area contributed by atoms with E-state index in [2.05, 4.69) is 24.5 Å². The molecule has 0 heterocycles. The molecule has 1 aromatic carbocycles. The van der Waals surface area contributed by atoms with Crippen LogP contribution >= 0.6 is 11.8 Å². The summed E-state index contributed by atoms with van der Waals surface area (Å²) in [4.78, 5) is 0. The average Bonchev–Trinajstić information content (AvgIpc) is 3.00. The first-order valence-electron chi connectivity index (χ1n) is 7.64. The van der Waals surface area contributed by atoms with Crippen LogP contribution in [0.5, 0.6) is 5.75 Å². The van der Waals surface area contributed by atoms with E-state index in [0.29, 0.717) is 0 Å². The molecule has 0 aliphatic heterocycles. The molecular formula is C16H26N2OS. The van der Waals surface area contributed by atoms with Crippen molar-refractivity contribution in [2.75, 3.05) is 12.4 Å². The first-order valence-corrected chi connectivity index (χ1v) is 8.69. The minimum absolute atomic E-state index is 0.161. The van der Waals surface area contributed by atoms with Gasteiger partial charge < -0.3 is 4.74 Å². The maximum Gasteiger partial charge on any atom is 0.124 e. The molecule has 0 bridgehead atoms. The Morgan fingerprint density at radius 3 is 2.80 bits per heavy atom. The zero-order chi connectivity index (χ0) is 14.2. The minimum Gasteiger partial charge on any atom is -0.493 e. The Balaban J connectivity index is 1.98. The number of nitrogens with one attached hydrogen (secondary N) is 1. The van der Waals surface area contributed by atoms with E-state index < -0.39 is 0 Å². The van der Waals surface area contributed by atoms with Crippen molar-refractivity contribution in [3.05, 3.63) is 29.8 Å². The van der Waals surface area contributed by atoms with E-state index in [9.17, 15) is 0 Å². The van der Waals surface area contributed by atoms with Crippen LogP contribution in [0.3, 0.4) is 0 Å². The van der Waals surface area contributed by atoms with Gasteiger partial charge in [0.2, 0.25) is 0 Å². The molecule has 4 heteroatoms. The molecule has 1 saturated carbocycles. The highest BCUT2D eigenvalue weighted by molar-refractivity contribution is 7.99. The van der Waals surface area contributed by atoms with Gasteiger partial charge in [0.05, 0.1) is 12.6 Å². The van der Waals surface area contributed by atoms with Gasteiger partial charge in [-0.1, -0.05) is 38.0 Å². The Bertz CT molecular complexity index is 394. The first kappa shape index (κ1) is 15.7. The molecule has 0 spiro atoms. The normalized spacial score (nSPS) is 17.3. The van der Waals surface area contributed by atoms with Crippen LogP contribution in [0.2, 0.25) is 0 Å². The van der Waals surface area contributed by atoms with Crippen molar-refractivity contribution in [1.29, 1.82) is 0 Å². The molecule has 1 atom stereocenters. The van der Waals surface area contributed by atoms with Crippen LogP contribution in [0.15, 0.2) is 24.3 Å². The summed E-state index contributed by atoms with van der Waals surface area (Å²) in [7, 11) is 0. The van der Waals surface area contributed by atoms with Gasteiger partial charge in [0.15, 0.2) is 0 Å². The fraction of sp³-hybridized carbons (Fsp3) is 0.625. The van der Waals surface area contributed by atoms with Gasteiger partial charge in [-0.3, -0.25) is 11.3 Å². The summed E-state index contributed by atoms with van der Waals surface area (Å²) in [6.07, 6.45) is 6.50. The molecule has 20 heavy (non-hydrogen) atoms. The molecule has 1 unspecified atom stereocenters. The largest absolute Gasteiger partial charge is 0.493 e. The van der Waals surface area contributed by atoms with Gasteiger partial charge in [0, 0.05) is 16.6 Å². The van der Waals surface area contributed by atoms with Crippen molar-refractivity contribution < 1.29 is 4.74 Å². The van der Waals surface area contributed by atoms with Crippen LogP contribution in [0.1, 0.15) is 50.6 Å². The van der Waals surface area contributed by atoms with Gasteiger partial charge in [-0.2, -0.15) is 11.8 Å². The monoisotopic (exact) mass is 294 g/mol. The molecular weight excluding hydrogens is 268 g/mol. The van der Waals surface area contributed by atoms with E-state index in [1.807, 2.05) is 23.9 Å². The summed E-state index contributed by atoms with van der Waals surface area (Å²) in [5.41, 5.74) is 4.13. The van der Waals surface area contributed by atoms with E-state index in [1.165, 1.54) is 31.2 Å². The third-order valence-electron chi connectivity index (χ3n) is 3.76. The molecule has 1 aliphatic carbocycles. The van der Waals surface area contributed by atoms with E-state index >= 15 is 0 Å². The van der Waals surface area contributed by atoms with Gasteiger partial charge in [-0.25, -0.2) is 0 Å². The van der Waals surface area contributed by atoms with Crippen molar-refractivity contribution >= 4 is 11.8 Å². The van der Waals surface area contributed by atoms with Crippen LogP contribution < -0.4 is 16.0 Å². The molecule has 112 valence electrons. The quantitative estimate of drug-likeness (QED) is 0.567. The Hall–Kier alpha value is -0.710. The number of hydrazine groups is 1. The Morgan fingerprint density at radius 1 is 1.35 bits per heavy atom. The number of para-hydroxylation sites is 1. The van der Waals surface area contributed by atoms with E-state index in [4.69, 9.17) is 10.6 Å². The molecule has 3 N–H and O–H groups in total. The lowest BCUT2D eigenvalue weighted by Gasteiger charge is -2.21. The molecule has 0 amide bonds. The van der Waals surface area contributed by atoms with Gasteiger partial charge in [0.1, 0.15) is 5.75 Å². The van der Waals surface area contributed by atoms with Crippen molar-refractivity contribution in [2.45, 2.75) is 50.3 Å². The number of rotatable bonds is 8. The first-order chi connectivity index (χ1) is 9.85. The van der Waals surface area contributed by atoms with Gasteiger partial charge in [-0.15, -0.1) is 0 Å². The summed E-state index contributed by atoms with van der Waals surface area (Å²) in [5.74, 6) is 7.74. The van der Waals surface area contributed by atoms with Crippen LogP contribution in [0.25, 0.3) is 0 Å². The molecule has 0 radical (unpaired) electrons. The highest BCUT2D eigenvalue weighted by Crippen LogP contribution is 2.33. The lowest BCUT2D eigenvalue weighted by Crippen LogP contribution is -2.30. The van der Waals surface area contributed by atoms with Crippen LogP contribution in [-0.4, -0.2) is 17.6 Å². The molecule has 2 rings (SSSR count). The van der Waals surface area contributed by atoms with Gasteiger partial charge >= 0.3 is 0 Å². The van der Waals surface area contributed by atoms with E-state index in [-0.39, 0.29) is 6.04 Å². The van der Waals surface area contributed by atoms with Crippen LogP contribution in [0, 0.1) is 0 Å². The zero-order valence-corrected chi connectivity index (χ0v) is 13.1. The second-order valence-electron chi connectivity index (χ2n) is 5.35. The molecule has 1 fully saturated rings. The molecule has 3 nitrogen and oxygen atoms in total. The summed E-state index contributed by atoms with van der Waals surface area (Å²) in [6.45, 7) is 2.88. The summed E-state index contributed by atoms with van der Waals surface area (Å²) in [5, 5.41) is 0.814. The number of hydrogen-bond acceptors (Lipinski definition) is 4. The lowest BCUT2D eigenvalue weighted by molar-refractivity contribution is 0.311.